The second-order valence-electron chi connectivity index (χ2n) is 5.24. The minimum absolute atomic E-state index is 0.148. The van der Waals surface area contributed by atoms with Crippen LogP contribution in [0.3, 0.4) is 0 Å². The molecule has 1 heterocycles. The van der Waals surface area contributed by atoms with Crippen LogP contribution in [-0.2, 0) is 9.59 Å². The maximum atomic E-state index is 11.7. The van der Waals surface area contributed by atoms with E-state index in [0.717, 1.165) is 0 Å². The molecule has 3 nitrogen and oxygen atoms in total. The van der Waals surface area contributed by atoms with Gasteiger partial charge in [0.25, 0.3) is 11.8 Å². The summed E-state index contributed by atoms with van der Waals surface area (Å²) >= 11 is 2.34. The monoisotopic (exact) mass is 335 g/mol. The van der Waals surface area contributed by atoms with Crippen LogP contribution in [0.25, 0.3) is 0 Å². The van der Waals surface area contributed by atoms with Gasteiger partial charge in [0.15, 0.2) is 0 Å². The summed E-state index contributed by atoms with van der Waals surface area (Å²) in [6.45, 7) is 10.2. The molecule has 1 unspecified atom stereocenters. The molecule has 0 aromatic carbocycles. The highest BCUT2D eigenvalue weighted by Crippen LogP contribution is 2.42. The first-order chi connectivity index (χ1) is 7.12. The number of carbonyl (C=O) groups excluding carboxylic acids is 2. The van der Waals surface area contributed by atoms with Gasteiger partial charge < -0.3 is 0 Å². The van der Waals surface area contributed by atoms with Crippen LogP contribution in [0.15, 0.2) is 12.2 Å². The summed E-state index contributed by atoms with van der Waals surface area (Å²) in [5.41, 5.74) is -0.643. The predicted octanol–water partition coefficient (Wildman–Crippen LogP) is 2.54. The molecular weight excluding hydrogens is 317 g/mol. The molecule has 0 saturated carbocycles. The van der Waals surface area contributed by atoms with Crippen LogP contribution < -0.4 is 0 Å². The van der Waals surface area contributed by atoms with Gasteiger partial charge in [-0.25, -0.2) is 0 Å². The van der Waals surface area contributed by atoms with E-state index in [1.54, 1.807) is 0 Å². The first-order valence-corrected chi connectivity index (χ1v) is 6.57. The maximum absolute atomic E-state index is 11.7. The van der Waals surface area contributed by atoms with E-state index in [4.69, 9.17) is 0 Å². The Bertz CT molecular complexity index is 338. The van der Waals surface area contributed by atoms with Gasteiger partial charge in [0.1, 0.15) is 0 Å². The second-order valence-corrected chi connectivity index (χ2v) is 7.11. The molecule has 0 fully saturated rings. The van der Waals surface area contributed by atoms with E-state index in [1.807, 2.05) is 13.8 Å². The SMILES string of the molecule is CC(I)C(C)(C)C(C)(C)N1C(=O)C=CC1=O. The van der Waals surface area contributed by atoms with Crippen LogP contribution in [0.1, 0.15) is 34.6 Å². The zero-order chi connectivity index (χ0) is 12.7. The van der Waals surface area contributed by atoms with E-state index in [-0.39, 0.29) is 17.2 Å². The molecule has 16 heavy (non-hydrogen) atoms. The van der Waals surface area contributed by atoms with Crippen LogP contribution in [0.5, 0.6) is 0 Å². The van der Waals surface area contributed by atoms with Crippen LogP contribution in [0, 0.1) is 5.41 Å². The largest absolute Gasteiger partial charge is 0.269 e. The fourth-order valence-corrected chi connectivity index (χ4v) is 2.49. The van der Waals surface area contributed by atoms with Crippen molar-refractivity contribution >= 4 is 34.4 Å². The Morgan fingerprint density at radius 1 is 1.12 bits per heavy atom. The molecule has 1 atom stereocenters. The predicted molar refractivity (Wildman–Crippen MR) is 72.3 cm³/mol. The molecule has 1 aliphatic rings. The average molecular weight is 335 g/mol. The van der Waals surface area contributed by atoms with E-state index in [0.29, 0.717) is 3.92 Å². The van der Waals surface area contributed by atoms with Crippen LogP contribution in [0.2, 0.25) is 0 Å². The van der Waals surface area contributed by atoms with Crippen molar-refractivity contribution in [3.05, 3.63) is 12.2 Å². The molecule has 0 aromatic rings. The number of nitrogens with zero attached hydrogens (tertiary/aromatic N) is 1. The summed E-state index contributed by atoms with van der Waals surface area (Å²) < 4.78 is 0.348. The lowest BCUT2D eigenvalue weighted by Crippen LogP contribution is -2.58. The number of amides is 2. The second kappa shape index (κ2) is 4.13. The van der Waals surface area contributed by atoms with Crippen molar-refractivity contribution in [3.8, 4) is 0 Å². The third-order valence-electron chi connectivity index (χ3n) is 3.94. The molecule has 0 radical (unpaired) electrons. The summed E-state index contributed by atoms with van der Waals surface area (Å²) in [5, 5.41) is 0. The van der Waals surface area contributed by atoms with Gasteiger partial charge in [0.05, 0.1) is 5.54 Å². The molecule has 0 aliphatic carbocycles. The number of imide groups is 1. The quantitative estimate of drug-likeness (QED) is 0.452. The van der Waals surface area contributed by atoms with Crippen LogP contribution >= 0.6 is 22.6 Å². The van der Waals surface area contributed by atoms with Crippen molar-refractivity contribution < 1.29 is 9.59 Å². The normalized spacial score (nSPS) is 19.5. The molecule has 0 spiro atoms. The lowest BCUT2D eigenvalue weighted by atomic mass is 9.71. The fraction of sp³-hybridized carbons (Fsp3) is 0.667. The Labute approximate surface area is 110 Å². The third-order valence-corrected chi connectivity index (χ3v) is 5.50. The molecule has 0 N–H and O–H groups in total. The number of hydrogen-bond donors (Lipinski definition) is 0. The number of carbonyl (C=O) groups is 2. The summed E-state index contributed by atoms with van der Waals surface area (Å²) in [7, 11) is 0. The molecule has 0 bridgehead atoms. The van der Waals surface area contributed by atoms with Crippen LogP contribution in [0.4, 0.5) is 0 Å². The van der Waals surface area contributed by atoms with Crippen molar-refractivity contribution in [2.75, 3.05) is 0 Å². The zero-order valence-electron chi connectivity index (χ0n) is 10.4. The standard InChI is InChI=1S/C12H18INO2/c1-8(13)11(2,3)12(4,5)14-9(15)6-7-10(14)16/h6-8H,1-5H3. The van der Waals surface area contributed by atoms with E-state index in [2.05, 4.69) is 43.4 Å². The number of hydrogen-bond acceptors (Lipinski definition) is 2. The van der Waals surface area contributed by atoms with Gasteiger partial charge in [0.2, 0.25) is 0 Å². The van der Waals surface area contributed by atoms with E-state index in [9.17, 15) is 9.59 Å². The van der Waals surface area contributed by atoms with Crippen molar-refractivity contribution in [1.82, 2.24) is 4.90 Å². The van der Waals surface area contributed by atoms with E-state index in [1.165, 1.54) is 17.1 Å². The summed E-state index contributed by atoms with van der Waals surface area (Å²) in [6.07, 6.45) is 2.69. The zero-order valence-corrected chi connectivity index (χ0v) is 12.5. The third kappa shape index (κ3) is 1.92. The van der Waals surface area contributed by atoms with Crippen molar-refractivity contribution in [2.45, 2.75) is 44.1 Å². The first-order valence-electron chi connectivity index (χ1n) is 5.32. The molecule has 1 aliphatic heterocycles. The minimum atomic E-state index is -0.495. The Morgan fingerprint density at radius 3 is 1.81 bits per heavy atom. The smallest absolute Gasteiger partial charge is 0.254 e. The van der Waals surface area contributed by atoms with Gasteiger partial charge in [-0.3, -0.25) is 14.5 Å². The minimum Gasteiger partial charge on any atom is -0.269 e. The number of rotatable bonds is 3. The molecule has 0 saturated heterocycles. The first kappa shape index (κ1) is 13.7. The molecule has 4 heteroatoms. The Hall–Kier alpha value is -0.390. The lowest BCUT2D eigenvalue weighted by Gasteiger charge is -2.48. The molecule has 0 aromatic heterocycles. The van der Waals surface area contributed by atoms with Gasteiger partial charge in [0, 0.05) is 16.1 Å². The van der Waals surface area contributed by atoms with Crippen molar-refractivity contribution in [3.63, 3.8) is 0 Å². The van der Waals surface area contributed by atoms with Gasteiger partial charge in [-0.2, -0.15) is 0 Å². The molecule has 2 amide bonds. The molecular formula is C12H18INO2. The topological polar surface area (TPSA) is 37.4 Å². The van der Waals surface area contributed by atoms with E-state index >= 15 is 0 Å². The highest BCUT2D eigenvalue weighted by atomic mass is 127. The van der Waals surface area contributed by atoms with E-state index < -0.39 is 5.54 Å². The Balaban J connectivity index is 3.12. The summed E-state index contributed by atoms with van der Waals surface area (Å²) in [4.78, 5) is 24.8. The molecule has 1 rings (SSSR count). The number of alkyl halides is 1. The van der Waals surface area contributed by atoms with Crippen molar-refractivity contribution in [2.24, 2.45) is 5.41 Å². The summed E-state index contributed by atoms with van der Waals surface area (Å²) in [5.74, 6) is -0.416. The average Bonchev–Trinajstić information content (AvgIpc) is 2.45. The van der Waals surface area contributed by atoms with Gasteiger partial charge >= 0.3 is 0 Å². The number of halogens is 1. The summed E-state index contributed by atoms with van der Waals surface area (Å²) in [6, 6.07) is 0. The van der Waals surface area contributed by atoms with Crippen LogP contribution in [-0.4, -0.2) is 26.2 Å². The van der Waals surface area contributed by atoms with Crippen molar-refractivity contribution in [1.29, 1.82) is 0 Å². The Kier molecular flexibility index (Phi) is 3.53. The molecule has 90 valence electrons. The van der Waals surface area contributed by atoms with Gasteiger partial charge in [-0.1, -0.05) is 43.4 Å². The lowest BCUT2D eigenvalue weighted by molar-refractivity contribution is -0.147. The van der Waals surface area contributed by atoms with Gasteiger partial charge in [-0.15, -0.1) is 0 Å². The highest BCUT2D eigenvalue weighted by molar-refractivity contribution is 14.1. The fourth-order valence-electron chi connectivity index (χ4n) is 1.73. The maximum Gasteiger partial charge on any atom is 0.254 e. The highest BCUT2D eigenvalue weighted by Gasteiger charge is 2.49. The van der Waals surface area contributed by atoms with Gasteiger partial charge in [-0.05, 0) is 19.3 Å². The Morgan fingerprint density at radius 2 is 1.50 bits per heavy atom.